The lowest BCUT2D eigenvalue weighted by Gasteiger charge is -2.36. The van der Waals surface area contributed by atoms with Crippen molar-refractivity contribution in [2.75, 3.05) is 37.6 Å². The number of aryl methyl sites for hydroxylation is 1. The topological polar surface area (TPSA) is 26.8 Å². The number of amides is 1. The van der Waals surface area contributed by atoms with Crippen molar-refractivity contribution >= 4 is 11.6 Å². The molecule has 0 aromatic heterocycles. The molecule has 1 aliphatic rings. The molecule has 0 N–H and O–H groups in total. The molecule has 1 aliphatic heterocycles. The lowest BCUT2D eigenvalue weighted by molar-refractivity contribution is -0.133. The van der Waals surface area contributed by atoms with Crippen molar-refractivity contribution in [1.29, 1.82) is 0 Å². The van der Waals surface area contributed by atoms with Crippen LogP contribution in [0.5, 0.6) is 0 Å². The predicted molar refractivity (Wildman–Crippen MR) is 117 cm³/mol. The SMILES string of the molecule is Cc1cccc(N2CCN(CCC(=O)N(Cc3ccccc3)C(C)C)CC2)c1. The summed E-state index contributed by atoms with van der Waals surface area (Å²) in [5, 5.41) is 0. The Morgan fingerprint density at radius 3 is 2.36 bits per heavy atom. The van der Waals surface area contributed by atoms with E-state index in [1.165, 1.54) is 16.8 Å². The standard InChI is InChI=1S/C24H33N3O/c1-20(2)27(19-22-9-5-4-6-10-22)24(28)12-13-25-14-16-26(17-15-25)23-11-7-8-21(3)18-23/h4-11,18,20H,12-17,19H2,1-3H3. The minimum absolute atomic E-state index is 0.214. The fraction of sp³-hybridized carbons (Fsp3) is 0.458. The molecule has 28 heavy (non-hydrogen) atoms. The third-order valence-electron chi connectivity index (χ3n) is 5.52. The zero-order chi connectivity index (χ0) is 19.9. The molecule has 150 valence electrons. The van der Waals surface area contributed by atoms with Gasteiger partial charge in [-0.2, -0.15) is 0 Å². The first-order valence-electron chi connectivity index (χ1n) is 10.4. The number of anilines is 1. The Kier molecular flexibility index (Phi) is 7.10. The maximum Gasteiger partial charge on any atom is 0.224 e. The van der Waals surface area contributed by atoms with Crippen molar-refractivity contribution in [2.45, 2.75) is 39.8 Å². The van der Waals surface area contributed by atoms with Gasteiger partial charge in [0.25, 0.3) is 0 Å². The van der Waals surface area contributed by atoms with E-state index in [-0.39, 0.29) is 11.9 Å². The quantitative estimate of drug-likeness (QED) is 0.729. The van der Waals surface area contributed by atoms with Crippen LogP contribution in [0.2, 0.25) is 0 Å². The van der Waals surface area contributed by atoms with Crippen molar-refractivity contribution in [3.8, 4) is 0 Å². The molecule has 1 heterocycles. The summed E-state index contributed by atoms with van der Waals surface area (Å²) >= 11 is 0. The fourth-order valence-electron chi connectivity index (χ4n) is 3.79. The number of hydrogen-bond acceptors (Lipinski definition) is 3. The van der Waals surface area contributed by atoms with Gasteiger partial charge in [-0.25, -0.2) is 0 Å². The summed E-state index contributed by atoms with van der Waals surface area (Å²) in [4.78, 5) is 19.7. The second kappa shape index (κ2) is 9.74. The molecule has 0 unspecified atom stereocenters. The largest absolute Gasteiger partial charge is 0.369 e. The van der Waals surface area contributed by atoms with E-state index in [9.17, 15) is 4.79 Å². The van der Waals surface area contributed by atoms with Crippen LogP contribution in [0.15, 0.2) is 54.6 Å². The molecular weight excluding hydrogens is 346 g/mol. The Labute approximate surface area is 169 Å². The Hall–Kier alpha value is -2.33. The van der Waals surface area contributed by atoms with Gasteiger partial charge in [0.05, 0.1) is 0 Å². The van der Waals surface area contributed by atoms with E-state index in [0.717, 1.165) is 32.7 Å². The molecule has 1 amide bonds. The molecule has 0 atom stereocenters. The van der Waals surface area contributed by atoms with E-state index in [1.54, 1.807) is 0 Å². The van der Waals surface area contributed by atoms with E-state index in [0.29, 0.717) is 13.0 Å². The van der Waals surface area contributed by atoms with Gasteiger partial charge in [-0.3, -0.25) is 9.69 Å². The van der Waals surface area contributed by atoms with Gasteiger partial charge in [0.1, 0.15) is 0 Å². The molecule has 1 saturated heterocycles. The van der Waals surface area contributed by atoms with Crippen LogP contribution in [0.3, 0.4) is 0 Å². The zero-order valence-corrected chi connectivity index (χ0v) is 17.5. The first kappa shape index (κ1) is 20.4. The van der Waals surface area contributed by atoms with Crippen LogP contribution in [0.4, 0.5) is 5.69 Å². The highest BCUT2D eigenvalue weighted by Gasteiger charge is 2.21. The van der Waals surface area contributed by atoms with Crippen LogP contribution < -0.4 is 4.90 Å². The number of hydrogen-bond donors (Lipinski definition) is 0. The van der Waals surface area contributed by atoms with E-state index in [1.807, 2.05) is 23.1 Å². The van der Waals surface area contributed by atoms with Crippen LogP contribution in [0.1, 0.15) is 31.4 Å². The molecule has 2 aromatic rings. The van der Waals surface area contributed by atoms with Crippen molar-refractivity contribution < 1.29 is 4.79 Å². The van der Waals surface area contributed by atoms with Gasteiger partial charge in [0.2, 0.25) is 5.91 Å². The van der Waals surface area contributed by atoms with Crippen LogP contribution in [0.25, 0.3) is 0 Å². The Morgan fingerprint density at radius 1 is 1.00 bits per heavy atom. The van der Waals surface area contributed by atoms with Crippen molar-refractivity contribution in [2.24, 2.45) is 0 Å². The summed E-state index contributed by atoms with van der Waals surface area (Å²) in [6.07, 6.45) is 0.593. The van der Waals surface area contributed by atoms with Gasteiger partial charge in [-0.05, 0) is 44.0 Å². The average Bonchev–Trinajstić information content (AvgIpc) is 2.71. The van der Waals surface area contributed by atoms with Crippen molar-refractivity contribution in [1.82, 2.24) is 9.80 Å². The average molecular weight is 380 g/mol. The maximum absolute atomic E-state index is 12.8. The number of piperazine rings is 1. The Morgan fingerprint density at radius 2 is 1.71 bits per heavy atom. The van der Waals surface area contributed by atoms with Crippen LogP contribution in [0, 0.1) is 6.92 Å². The minimum atomic E-state index is 0.214. The summed E-state index contributed by atoms with van der Waals surface area (Å²) < 4.78 is 0. The molecule has 0 aliphatic carbocycles. The molecule has 0 bridgehead atoms. The third-order valence-corrected chi connectivity index (χ3v) is 5.52. The number of carbonyl (C=O) groups is 1. The van der Waals surface area contributed by atoms with Crippen molar-refractivity contribution in [3.05, 3.63) is 65.7 Å². The number of nitrogens with zero attached hydrogens (tertiary/aromatic N) is 3. The van der Waals surface area contributed by atoms with E-state index in [4.69, 9.17) is 0 Å². The van der Waals surface area contributed by atoms with Gasteiger partial charge < -0.3 is 9.80 Å². The summed E-state index contributed by atoms with van der Waals surface area (Å²) in [5.74, 6) is 0.250. The van der Waals surface area contributed by atoms with E-state index in [2.05, 4.69) is 67.0 Å². The van der Waals surface area contributed by atoms with Gasteiger partial charge in [-0.15, -0.1) is 0 Å². The molecule has 0 radical (unpaired) electrons. The molecule has 4 heteroatoms. The van der Waals surface area contributed by atoms with Crippen LogP contribution >= 0.6 is 0 Å². The summed E-state index contributed by atoms with van der Waals surface area (Å²) in [5.41, 5.74) is 3.80. The summed E-state index contributed by atoms with van der Waals surface area (Å²) in [6, 6.07) is 19.2. The Balaban J connectivity index is 1.47. The van der Waals surface area contributed by atoms with E-state index >= 15 is 0 Å². The molecular formula is C24H33N3O. The minimum Gasteiger partial charge on any atom is -0.369 e. The molecule has 1 fully saturated rings. The van der Waals surface area contributed by atoms with Gasteiger partial charge in [0.15, 0.2) is 0 Å². The Bertz CT molecular complexity index is 751. The summed E-state index contributed by atoms with van der Waals surface area (Å²) in [6.45, 7) is 12.0. The van der Waals surface area contributed by atoms with Crippen LogP contribution in [-0.2, 0) is 11.3 Å². The molecule has 0 saturated carbocycles. The second-order valence-corrected chi connectivity index (χ2v) is 8.02. The first-order valence-corrected chi connectivity index (χ1v) is 10.4. The number of benzene rings is 2. The fourth-order valence-corrected chi connectivity index (χ4v) is 3.79. The van der Waals surface area contributed by atoms with Crippen LogP contribution in [-0.4, -0.2) is 54.5 Å². The molecule has 3 rings (SSSR count). The molecule has 2 aromatic carbocycles. The smallest absolute Gasteiger partial charge is 0.224 e. The lowest BCUT2D eigenvalue weighted by atomic mass is 10.1. The maximum atomic E-state index is 12.8. The third kappa shape index (κ3) is 5.59. The number of carbonyl (C=O) groups excluding carboxylic acids is 1. The van der Waals surface area contributed by atoms with Gasteiger partial charge in [0, 0.05) is 57.4 Å². The zero-order valence-electron chi connectivity index (χ0n) is 17.5. The monoisotopic (exact) mass is 379 g/mol. The normalized spacial score (nSPS) is 15.1. The first-order chi connectivity index (χ1) is 13.5. The highest BCUT2D eigenvalue weighted by atomic mass is 16.2. The highest BCUT2D eigenvalue weighted by molar-refractivity contribution is 5.76. The lowest BCUT2D eigenvalue weighted by Crippen LogP contribution is -2.47. The number of rotatable bonds is 7. The highest BCUT2D eigenvalue weighted by Crippen LogP contribution is 2.18. The summed E-state index contributed by atoms with van der Waals surface area (Å²) in [7, 11) is 0. The predicted octanol–water partition coefficient (Wildman–Crippen LogP) is 3.94. The second-order valence-electron chi connectivity index (χ2n) is 8.02. The molecule has 4 nitrogen and oxygen atoms in total. The van der Waals surface area contributed by atoms with E-state index < -0.39 is 0 Å². The molecule has 0 spiro atoms. The van der Waals surface area contributed by atoms with Crippen molar-refractivity contribution in [3.63, 3.8) is 0 Å². The van der Waals surface area contributed by atoms with Gasteiger partial charge in [-0.1, -0.05) is 42.5 Å². The van der Waals surface area contributed by atoms with Gasteiger partial charge >= 0.3 is 0 Å².